The third-order valence-corrected chi connectivity index (χ3v) is 4.78. The van der Waals surface area contributed by atoms with Crippen molar-refractivity contribution in [2.45, 2.75) is 44.9 Å². The SMILES string of the molecule is CCC(CC)(C(=O)N(C)CCCC(=O)O)c1ccc(OC)c(OC)c1. The van der Waals surface area contributed by atoms with Gasteiger partial charge in [0.1, 0.15) is 0 Å². The van der Waals surface area contributed by atoms with Crippen molar-refractivity contribution in [3.05, 3.63) is 23.8 Å². The molecule has 0 spiro atoms. The number of aliphatic carboxylic acids is 1. The van der Waals surface area contributed by atoms with Crippen molar-refractivity contribution in [2.75, 3.05) is 27.8 Å². The van der Waals surface area contributed by atoms with Gasteiger partial charge in [0.25, 0.3) is 0 Å². The van der Waals surface area contributed by atoms with Gasteiger partial charge in [0.15, 0.2) is 11.5 Å². The number of ether oxygens (including phenoxy) is 2. The number of methoxy groups -OCH3 is 2. The first-order chi connectivity index (χ1) is 11.9. The maximum absolute atomic E-state index is 13.2. The van der Waals surface area contributed by atoms with Crippen molar-refractivity contribution in [1.29, 1.82) is 0 Å². The summed E-state index contributed by atoms with van der Waals surface area (Å²) in [6.07, 6.45) is 1.77. The van der Waals surface area contributed by atoms with E-state index in [0.717, 1.165) is 5.56 Å². The van der Waals surface area contributed by atoms with E-state index >= 15 is 0 Å². The number of carboxylic acids is 1. The van der Waals surface area contributed by atoms with Crippen LogP contribution in [0.4, 0.5) is 0 Å². The fourth-order valence-corrected chi connectivity index (χ4v) is 3.15. The first kappa shape index (κ1) is 20.8. The Balaban J connectivity index is 3.14. The Morgan fingerprint density at radius 2 is 1.72 bits per heavy atom. The summed E-state index contributed by atoms with van der Waals surface area (Å²) in [5, 5.41) is 8.77. The number of nitrogens with zero attached hydrogens (tertiary/aromatic N) is 1. The number of benzene rings is 1. The first-order valence-corrected chi connectivity index (χ1v) is 8.56. The molecular weight excluding hydrogens is 322 g/mol. The van der Waals surface area contributed by atoms with Gasteiger partial charge in [-0.1, -0.05) is 19.9 Å². The van der Waals surface area contributed by atoms with Crippen LogP contribution in [0, 0.1) is 0 Å². The third-order valence-electron chi connectivity index (χ3n) is 4.78. The van der Waals surface area contributed by atoms with Crippen LogP contribution in [-0.4, -0.2) is 49.7 Å². The van der Waals surface area contributed by atoms with E-state index in [2.05, 4.69) is 0 Å². The molecule has 0 bridgehead atoms. The van der Waals surface area contributed by atoms with Crippen molar-refractivity contribution in [3.8, 4) is 11.5 Å². The topological polar surface area (TPSA) is 76.1 Å². The van der Waals surface area contributed by atoms with Crippen molar-refractivity contribution in [3.63, 3.8) is 0 Å². The van der Waals surface area contributed by atoms with Gasteiger partial charge in [0, 0.05) is 20.0 Å². The van der Waals surface area contributed by atoms with Crippen LogP contribution < -0.4 is 9.47 Å². The van der Waals surface area contributed by atoms with Gasteiger partial charge < -0.3 is 19.5 Å². The summed E-state index contributed by atoms with van der Waals surface area (Å²) in [5.74, 6) is 0.357. The number of hydrogen-bond acceptors (Lipinski definition) is 4. The zero-order valence-corrected chi connectivity index (χ0v) is 15.8. The second kappa shape index (κ2) is 9.30. The predicted octanol–water partition coefficient (Wildman–Crippen LogP) is 3.08. The van der Waals surface area contributed by atoms with Gasteiger partial charge in [-0.05, 0) is 37.0 Å². The van der Waals surface area contributed by atoms with Gasteiger partial charge in [-0.3, -0.25) is 9.59 Å². The smallest absolute Gasteiger partial charge is 0.303 e. The highest BCUT2D eigenvalue weighted by atomic mass is 16.5. The fourth-order valence-electron chi connectivity index (χ4n) is 3.15. The molecule has 0 aliphatic rings. The molecule has 1 N–H and O–H groups in total. The number of carbonyl (C=O) groups is 2. The highest BCUT2D eigenvalue weighted by Gasteiger charge is 2.39. The summed E-state index contributed by atoms with van der Waals surface area (Å²) in [5.41, 5.74) is 0.211. The van der Waals surface area contributed by atoms with Crippen molar-refractivity contribution in [1.82, 2.24) is 4.90 Å². The summed E-state index contributed by atoms with van der Waals surface area (Å²) in [6, 6.07) is 5.57. The molecule has 0 aromatic heterocycles. The average molecular weight is 351 g/mol. The predicted molar refractivity (Wildman–Crippen MR) is 96.3 cm³/mol. The van der Waals surface area contributed by atoms with Crippen LogP contribution in [0.25, 0.3) is 0 Å². The second-order valence-corrected chi connectivity index (χ2v) is 6.08. The molecule has 0 saturated heterocycles. The number of rotatable bonds is 10. The highest BCUT2D eigenvalue weighted by Crippen LogP contribution is 2.38. The van der Waals surface area contributed by atoms with E-state index in [1.807, 2.05) is 32.0 Å². The molecule has 0 atom stereocenters. The Hall–Kier alpha value is -2.24. The molecule has 1 aromatic rings. The highest BCUT2D eigenvalue weighted by molar-refractivity contribution is 5.88. The van der Waals surface area contributed by atoms with Crippen molar-refractivity contribution < 1.29 is 24.2 Å². The lowest BCUT2D eigenvalue weighted by atomic mass is 9.74. The molecule has 0 heterocycles. The zero-order chi connectivity index (χ0) is 19.0. The van der Waals surface area contributed by atoms with E-state index in [1.165, 1.54) is 0 Å². The Labute approximate surface area is 149 Å². The van der Waals surface area contributed by atoms with E-state index in [1.54, 1.807) is 26.2 Å². The van der Waals surface area contributed by atoms with Crippen molar-refractivity contribution >= 4 is 11.9 Å². The Kier molecular flexibility index (Phi) is 7.74. The van der Waals surface area contributed by atoms with Crippen LogP contribution in [0.15, 0.2) is 18.2 Å². The lowest BCUT2D eigenvalue weighted by molar-refractivity contribution is -0.139. The normalized spacial score (nSPS) is 11.1. The van der Waals surface area contributed by atoms with Crippen LogP contribution in [0.5, 0.6) is 11.5 Å². The monoisotopic (exact) mass is 351 g/mol. The molecule has 0 saturated carbocycles. The van der Waals surface area contributed by atoms with Gasteiger partial charge in [-0.15, -0.1) is 0 Å². The van der Waals surface area contributed by atoms with Gasteiger partial charge in [0.2, 0.25) is 5.91 Å². The van der Waals surface area contributed by atoms with Crippen LogP contribution in [0.2, 0.25) is 0 Å². The van der Waals surface area contributed by atoms with E-state index in [4.69, 9.17) is 14.6 Å². The maximum Gasteiger partial charge on any atom is 0.303 e. The average Bonchev–Trinajstić information content (AvgIpc) is 2.62. The molecule has 1 aromatic carbocycles. The molecule has 140 valence electrons. The van der Waals surface area contributed by atoms with Gasteiger partial charge in [-0.2, -0.15) is 0 Å². The van der Waals surface area contributed by atoms with Crippen LogP contribution in [-0.2, 0) is 15.0 Å². The minimum atomic E-state index is -0.849. The standard InChI is InChI=1S/C19H29NO5/c1-6-19(7-2,18(23)20(3)12-8-9-17(21)22)14-10-11-15(24-4)16(13-14)25-5/h10-11,13H,6-9,12H2,1-5H3,(H,21,22). The van der Waals surface area contributed by atoms with Gasteiger partial charge in [0.05, 0.1) is 19.6 Å². The molecule has 1 amide bonds. The fraction of sp³-hybridized carbons (Fsp3) is 0.579. The third kappa shape index (κ3) is 4.65. The molecule has 0 aliphatic carbocycles. The molecule has 6 heteroatoms. The van der Waals surface area contributed by atoms with E-state index < -0.39 is 11.4 Å². The summed E-state index contributed by atoms with van der Waals surface area (Å²) in [6.45, 7) is 4.40. The maximum atomic E-state index is 13.2. The molecule has 0 aliphatic heterocycles. The summed E-state index contributed by atoms with van der Waals surface area (Å²) in [7, 11) is 4.87. The minimum Gasteiger partial charge on any atom is -0.493 e. The molecule has 25 heavy (non-hydrogen) atoms. The Morgan fingerprint density at radius 1 is 1.12 bits per heavy atom. The van der Waals surface area contributed by atoms with E-state index in [-0.39, 0.29) is 12.3 Å². The Bertz CT molecular complexity index is 595. The number of carboxylic acid groups (broad SMARTS) is 1. The molecule has 1 rings (SSSR count). The minimum absolute atomic E-state index is 0.00453. The van der Waals surface area contributed by atoms with Crippen LogP contribution >= 0.6 is 0 Å². The van der Waals surface area contributed by atoms with Crippen molar-refractivity contribution in [2.24, 2.45) is 0 Å². The quantitative estimate of drug-likeness (QED) is 0.701. The first-order valence-electron chi connectivity index (χ1n) is 8.56. The Morgan fingerprint density at radius 3 is 2.20 bits per heavy atom. The molecule has 0 fully saturated rings. The summed E-state index contributed by atoms with van der Waals surface area (Å²) >= 11 is 0. The second-order valence-electron chi connectivity index (χ2n) is 6.08. The number of amides is 1. The molecule has 0 radical (unpaired) electrons. The summed E-state index contributed by atoms with van der Waals surface area (Å²) < 4.78 is 10.7. The van der Waals surface area contributed by atoms with Gasteiger partial charge in [-0.25, -0.2) is 0 Å². The zero-order valence-electron chi connectivity index (χ0n) is 15.8. The summed E-state index contributed by atoms with van der Waals surface area (Å²) in [4.78, 5) is 25.5. The van der Waals surface area contributed by atoms with E-state index in [9.17, 15) is 9.59 Å². The van der Waals surface area contributed by atoms with E-state index in [0.29, 0.717) is 37.3 Å². The molecule has 6 nitrogen and oxygen atoms in total. The lowest BCUT2D eigenvalue weighted by Crippen LogP contribution is -2.45. The lowest BCUT2D eigenvalue weighted by Gasteiger charge is -2.35. The molecule has 0 unspecified atom stereocenters. The number of likely N-dealkylation sites (N-methyl/N-ethyl adjacent to an activating group) is 1. The number of hydrogen-bond donors (Lipinski definition) is 1. The van der Waals surface area contributed by atoms with Crippen LogP contribution in [0.1, 0.15) is 45.1 Å². The molecular formula is C19H29NO5. The van der Waals surface area contributed by atoms with Crippen LogP contribution in [0.3, 0.4) is 0 Å². The largest absolute Gasteiger partial charge is 0.493 e. The van der Waals surface area contributed by atoms with Gasteiger partial charge >= 0.3 is 5.97 Å². The number of carbonyl (C=O) groups excluding carboxylic acids is 1.